The number of rotatable bonds is 3. The van der Waals surface area contributed by atoms with E-state index in [-0.39, 0.29) is 0 Å². The predicted molar refractivity (Wildman–Crippen MR) is 81.2 cm³/mol. The van der Waals surface area contributed by atoms with Crippen LogP contribution in [0.2, 0.25) is 0 Å². The van der Waals surface area contributed by atoms with Crippen molar-refractivity contribution in [2.75, 3.05) is 44.2 Å². The molecular weight excluding hydrogens is 250 g/mol. The van der Waals surface area contributed by atoms with Gasteiger partial charge in [0.15, 0.2) is 0 Å². The monoisotopic (exact) mass is 275 g/mol. The first-order valence-corrected chi connectivity index (χ1v) is 7.80. The average molecular weight is 275 g/mol. The van der Waals surface area contributed by atoms with Gasteiger partial charge in [-0.2, -0.15) is 0 Å². The largest absolute Gasteiger partial charge is 0.355 e. The number of aryl methyl sites for hydroxylation is 2. The molecule has 0 spiro atoms. The Hall–Kier alpha value is -1.20. The minimum atomic E-state index is 0.692. The van der Waals surface area contributed by atoms with Crippen LogP contribution >= 0.6 is 0 Å². The Balaban J connectivity index is 1.68. The third kappa shape index (κ3) is 2.94. The molecule has 2 fully saturated rings. The van der Waals surface area contributed by atoms with Crippen molar-refractivity contribution >= 4 is 5.82 Å². The fourth-order valence-corrected chi connectivity index (χ4v) is 3.25. The van der Waals surface area contributed by atoms with E-state index in [1.807, 2.05) is 6.92 Å². The van der Waals surface area contributed by atoms with E-state index in [1.54, 1.807) is 0 Å². The standard InChI is InChI=1S/C15H25N5/c1-3-13-10-15(18-12(2)17-13)20-7-4-14(11-20)19-8-5-16-6-9-19/h10,14,16H,3-9,11H2,1-2H3. The van der Waals surface area contributed by atoms with Crippen LogP contribution in [0.15, 0.2) is 6.07 Å². The lowest BCUT2D eigenvalue weighted by atomic mass is 10.2. The Morgan fingerprint density at radius 1 is 1.25 bits per heavy atom. The minimum absolute atomic E-state index is 0.692. The molecule has 110 valence electrons. The van der Waals surface area contributed by atoms with Gasteiger partial charge in [-0.25, -0.2) is 9.97 Å². The molecular formula is C15H25N5. The van der Waals surface area contributed by atoms with E-state index in [9.17, 15) is 0 Å². The Morgan fingerprint density at radius 3 is 2.80 bits per heavy atom. The molecule has 0 aromatic carbocycles. The summed E-state index contributed by atoms with van der Waals surface area (Å²) in [5.41, 5.74) is 1.15. The summed E-state index contributed by atoms with van der Waals surface area (Å²) >= 11 is 0. The van der Waals surface area contributed by atoms with Gasteiger partial charge in [-0.15, -0.1) is 0 Å². The van der Waals surface area contributed by atoms with Crippen molar-refractivity contribution < 1.29 is 0 Å². The van der Waals surface area contributed by atoms with Crippen LogP contribution in [0.5, 0.6) is 0 Å². The SMILES string of the molecule is CCc1cc(N2CCC(N3CCNCC3)C2)nc(C)n1. The van der Waals surface area contributed by atoms with Crippen molar-refractivity contribution in [3.63, 3.8) is 0 Å². The van der Waals surface area contributed by atoms with E-state index in [2.05, 4.69) is 38.1 Å². The second-order valence-electron chi connectivity index (χ2n) is 5.79. The Morgan fingerprint density at radius 2 is 2.05 bits per heavy atom. The van der Waals surface area contributed by atoms with Gasteiger partial charge in [0, 0.05) is 57.1 Å². The Labute approximate surface area is 121 Å². The van der Waals surface area contributed by atoms with Crippen molar-refractivity contribution in [3.05, 3.63) is 17.6 Å². The summed E-state index contributed by atoms with van der Waals surface area (Å²) in [6.45, 7) is 11.0. The molecule has 3 rings (SSSR count). The van der Waals surface area contributed by atoms with Gasteiger partial charge >= 0.3 is 0 Å². The second kappa shape index (κ2) is 6.06. The maximum Gasteiger partial charge on any atom is 0.132 e. The van der Waals surface area contributed by atoms with Crippen LogP contribution < -0.4 is 10.2 Å². The molecule has 1 atom stereocenters. The van der Waals surface area contributed by atoms with Gasteiger partial charge < -0.3 is 10.2 Å². The molecule has 0 aliphatic carbocycles. The molecule has 1 unspecified atom stereocenters. The smallest absolute Gasteiger partial charge is 0.132 e. The molecule has 1 N–H and O–H groups in total. The zero-order valence-corrected chi connectivity index (χ0v) is 12.6. The molecule has 0 bridgehead atoms. The summed E-state index contributed by atoms with van der Waals surface area (Å²) < 4.78 is 0. The van der Waals surface area contributed by atoms with E-state index in [4.69, 9.17) is 0 Å². The van der Waals surface area contributed by atoms with Crippen molar-refractivity contribution in [2.45, 2.75) is 32.7 Å². The minimum Gasteiger partial charge on any atom is -0.355 e. The molecule has 2 aliphatic rings. The fourth-order valence-electron chi connectivity index (χ4n) is 3.25. The number of hydrogen-bond acceptors (Lipinski definition) is 5. The van der Waals surface area contributed by atoms with Crippen LogP contribution in [0.4, 0.5) is 5.82 Å². The van der Waals surface area contributed by atoms with Crippen LogP contribution in [-0.2, 0) is 6.42 Å². The van der Waals surface area contributed by atoms with Gasteiger partial charge in [-0.1, -0.05) is 6.92 Å². The molecule has 1 aromatic rings. The lowest BCUT2D eigenvalue weighted by Gasteiger charge is -2.32. The van der Waals surface area contributed by atoms with E-state index in [0.29, 0.717) is 6.04 Å². The molecule has 0 saturated carbocycles. The maximum absolute atomic E-state index is 4.63. The first kappa shape index (κ1) is 13.8. The van der Waals surface area contributed by atoms with Gasteiger partial charge in [0.25, 0.3) is 0 Å². The predicted octanol–water partition coefficient (Wildman–Crippen LogP) is 0.831. The lowest BCUT2D eigenvalue weighted by Crippen LogP contribution is -2.49. The van der Waals surface area contributed by atoms with E-state index < -0.39 is 0 Å². The third-order valence-corrected chi connectivity index (χ3v) is 4.40. The van der Waals surface area contributed by atoms with Crippen molar-refractivity contribution in [1.82, 2.24) is 20.2 Å². The van der Waals surface area contributed by atoms with Gasteiger partial charge in [0.2, 0.25) is 0 Å². The highest BCUT2D eigenvalue weighted by molar-refractivity contribution is 5.41. The summed E-state index contributed by atoms with van der Waals surface area (Å²) in [4.78, 5) is 14.2. The molecule has 2 saturated heterocycles. The molecule has 0 radical (unpaired) electrons. The van der Waals surface area contributed by atoms with Crippen LogP contribution in [0.25, 0.3) is 0 Å². The van der Waals surface area contributed by atoms with Crippen LogP contribution in [0, 0.1) is 6.92 Å². The quantitative estimate of drug-likeness (QED) is 0.885. The highest BCUT2D eigenvalue weighted by Gasteiger charge is 2.29. The fraction of sp³-hybridized carbons (Fsp3) is 0.733. The average Bonchev–Trinajstić information content (AvgIpc) is 2.97. The lowest BCUT2D eigenvalue weighted by molar-refractivity contribution is 0.185. The van der Waals surface area contributed by atoms with Gasteiger partial charge in [0.05, 0.1) is 0 Å². The van der Waals surface area contributed by atoms with Gasteiger partial charge in [0.1, 0.15) is 11.6 Å². The normalized spacial score (nSPS) is 24.3. The summed E-state index contributed by atoms with van der Waals surface area (Å²) in [6.07, 6.45) is 2.23. The molecule has 2 aliphatic heterocycles. The maximum atomic E-state index is 4.63. The molecule has 5 nitrogen and oxygen atoms in total. The first-order valence-electron chi connectivity index (χ1n) is 7.80. The van der Waals surface area contributed by atoms with Gasteiger partial charge in [-0.05, 0) is 19.8 Å². The first-order chi connectivity index (χ1) is 9.76. The van der Waals surface area contributed by atoms with Crippen LogP contribution in [0.1, 0.15) is 24.9 Å². The number of nitrogens with one attached hydrogen (secondary N) is 1. The highest BCUT2D eigenvalue weighted by atomic mass is 15.3. The number of piperazine rings is 1. The summed E-state index contributed by atoms with van der Waals surface area (Å²) in [5.74, 6) is 2.01. The Bertz CT molecular complexity index is 456. The number of anilines is 1. The van der Waals surface area contributed by atoms with Crippen molar-refractivity contribution in [2.24, 2.45) is 0 Å². The van der Waals surface area contributed by atoms with Crippen molar-refractivity contribution in [1.29, 1.82) is 0 Å². The summed E-state index contributed by atoms with van der Waals surface area (Å²) in [6, 6.07) is 2.85. The van der Waals surface area contributed by atoms with E-state index in [1.165, 1.54) is 19.5 Å². The van der Waals surface area contributed by atoms with Crippen LogP contribution in [-0.4, -0.2) is 60.2 Å². The van der Waals surface area contributed by atoms with E-state index >= 15 is 0 Å². The topological polar surface area (TPSA) is 44.3 Å². The Kier molecular flexibility index (Phi) is 4.17. The second-order valence-corrected chi connectivity index (χ2v) is 5.79. The summed E-state index contributed by atoms with van der Waals surface area (Å²) in [7, 11) is 0. The van der Waals surface area contributed by atoms with Crippen LogP contribution in [0.3, 0.4) is 0 Å². The molecule has 3 heterocycles. The molecule has 5 heteroatoms. The molecule has 0 amide bonds. The van der Waals surface area contributed by atoms with Gasteiger partial charge in [-0.3, -0.25) is 4.90 Å². The highest BCUT2D eigenvalue weighted by Crippen LogP contribution is 2.22. The van der Waals surface area contributed by atoms with E-state index in [0.717, 1.165) is 49.9 Å². The molecule has 20 heavy (non-hydrogen) atoms. The third-order valence-electron chi connectivity index (χ3n) is 4.40. The number of nitrogens with zero attached hydrogens (tertiary/aromatic N) is 4. The zero-order chi connectivity index (χ0) is 13.9. The summed E-state index contributed by atoms with van der Waals surface area (Å²) in [5, 5.41) is 3.43. The molecule has 1 aromatic heterocycles. The number of hydrogen-bond donors (Lipinski definition) is 1. The zero-order valence-electron chi connectivity index (χ0n) is 12.6. The number of aromatic nitrogens is 2. The van der Waals surface area contributed by atoms with Crippen molar-refractivity contribution in [3.8, 4) is 0 Å².